The predicted octanol–water partition coefficient (Wildman–Crippen LogP) is 3.24. The summed E-state index contributed by atoms with van der Waals surface area (Å²) in [6.07, 6.45) is 3.02. The first kappa shape index (κ1) is 19.8. The third-order valence-electron chi connectivity index (χ3n) is 6.53. The monoisotopic (exact) mass is 391 g/mol. The Kier molecular flexibility index (Phi) is 5.79. The van der Waals surface area contributed by atoms with Crippen molar-refractivity contribution in [3.8, 4) is 0 Å². The van der Waals surface area contributed by atoms with Crippen LogP contribution in [-0.4, -0.2) is 53.7 Å². The summed E-state index contributed by atoms with van der Waals surface area (Å²) in [5.74, 6) is 0.354. The van der Waals surface area contributed by atoms with Gasteiger partial charge in [-0.15, -0.1) is 0 Å². The highest BCUT2D eigenvalue weighted by Crippen LogP contribution is 2.38. The number of likely N-dealkylation sites (N-methyl/N-ethyl adjacent to an activating group) is 1. The molecule has 1 N–H and O–H groups in total. The zero-order valence-electron chi connectivity index (χ0n) is 17.0. The number of rotatable bonds is 6. The Hall–Kier alpha value is -2.50. The van der Waals surface area contributed by atoms with Crippen molar-refractivity contribution in [2.24, 2.45) is 0 Å². The highest BCUT2D eigenvalue weighted by Gasteiger charge is 2.52. The maximum atomic E-state index is 12.9. The lowest BCUT2D eigenvalue weighted by Gasteiger charge is -2.42. The minimum absolute atomic E-state index is 0.0567. The molecule has 4 rings (SSSR count). The van der Waals surface area contributed by atoms with Crippen molar-refractivity contribution in [3.05, 3.63) is 71.8 Å². The number of likely N-dealkylation sites (tertiary alicyclic amines) is 1. The number of ketones is 1. The number of piperidine rings is 1. The van der Waals surface area contributed by atoms with Gasteiger partial charge in [-0.05, 0) is 38.4 Å². The molecule has 1 spiro atoms. The fraction of sp³-hybridized carbons (Fsp3) is 0.417. The Morgan fingerprint density at radius 1 is 1.03 bits per heavy atom. The van der Waals surface area contributed by atoms with Crippen molar-refractivity contribution in [2.45, 2.75) is 37.4 Å². The first-order chi connectivity index (χ1) is 14.1. The molecule has 152 valence electrons. The fourth-order valence-electron chi connectivity index (χ4n) is 4.66. The van der Waals surface area contributed by atoms with E-state index in [1.165, 1.54) is 0 Å². The third-order valence-corrected chi connectivity index (χ3v) is 6.53. The fourth-order valence-corrected chi connectivity index (χ4v) is 4.66. The van der Waals surface area contributed by atoms with E-state index in [-0.39, 0.29) is 17.9 Å². The smallest absolute Gasteiger partial charge is 0.242 e. The van der Waals surface area contributed by atoms with Crippen LogP contribution in [0.5, 0.6) is 0 Å². The number of nitrogens with zero attached hydrogens (tertiary/aromatic N) is 2. The van der Waals surface area contributed by atoms with E-state index in [2.05, 4.69) is 34.3 Å². The van der Waals surface area contributed by atoms with Gasteiger partial charge in [0.1, 0.15) is 11.7 Å². The summed E-state index contributed by atoms with van der Waals surface area (Å²) in [5.41, 5.74) is 1.50. The van der Waals surface area contributed by atoms with Gasteiger partial charge in [0, 0.05) is 25.1 Å². The van der Waals surface area contributed by atoms with Gasteiger partial charge < -0.3 is 10.2 Å². The van der Waals surface area contributed by atoms with Gasteiger partial charge >= 0.3 is 0 Å². The van der Waals surface area contributed by atoms with Gasteiger partial charge in [-0.2, -0.15) is 0 Å². The Morgan fingerprint density at radius 3 is 2.31 bits per heavy atom. The number of nitrogens with one attached hydrogen (secondary N) is 1. The SMILES string of the molecule is CN1[C@H](c2ccccc2)NC(=O)C12CCN(CCCC(=O)c1ccccc1)CC2. The summed E-state index contributed by atoms with van der Waals surface area (Å²) in [5, 5.41) is 3.20. The molecule has 2 aliphatic heterocycles. The highest BCUT2D eigenvalue weighted by molar-refractivity contribution is 5.95. The van der Waals surface area contributed by atoms with Crippen LogP contribution in [0.1, 0.15) is 47.8 Å². The van der Waals surface area contributed by atoms with E-state index in [1.54, 1.807) is 0 Å². The molecule has 0 aromatic heterocycles. The van der Waals surface area contributed by atoms with E-state index in [9.17, 15) is 9.59 Å². The number of hydrogen-bond donors (Lipinski definition) is 1. The average Bonchev–Trinajstić information content (AvgIpc) is 3.01. The molecule has 2 aromatic carbocycles. The molecule has 2 aromatic rings. The molecule has 2 saturated heterocycles. The number of carbonyl (C=O) groups excluding carboxylic acids is 2. The minimum Gasteiger partial charge on any atom is -0.335 e. The molecule has 29 heavy (non-hydrogen) atoms. The van der Waals surface area contributed by atoms with Crippen LogP contribution in [0.15, 0.2) is 60.7 Å². The van der Waals surface area contributed by atoms with Crippen molar-refractivity contribution < 1.29 is 9.59 Å². The van der Waals surface area contributed by atoms with E-state index < -0.39 is 5.54 Å². The van der Waals surface area contributed by atoms with Gasteiger partial charge in [-0.3, -0.25) is 14.5 Å². The van der Waals surface area contributed by atoms with Gasteiger partial charge in [0.2, 0.25) is 5.91 Å². The lowest BCUT2D eigenvalue weighted by molar-refractivity contribution is -0.128. The zero-order valence-corrected chi connectivity index (χ0v) is 17.0. The van der Waals surface area contributed by atoms with Gasteiger partial charge in [0.25, 0.3) is 0 Å². The van der Waals surface area contributed by atoms with Gasteiger partial charge in [-0.1, -0.05) is 60.7 Å². The number of benzene rings is 2. The van der Waals surface area contributed by atoms with Crippen molar-refractivity contribution in [1.82, 2.24) is 15.1 Å². The molecule has 2 aliphatic rings. The van der Waals surface area contributed by atoms with E-state index in [0.717, 1.165) is 50.0 Å². The Morgan fingerprint density at radius 2 is 1.66 bits per heavy atom. The second-order valence-electron chi connectivity index (χ2n) is 8.16. The molecule has 0 bridgehead atoms. The number of Topliss-reactive ketones (excluding diaryl/α,β-unsaturated/α-hetero) is 1. The maximum Gasteiger partial charge on any atom is 0.242 e. The summed E-state index contributed by atoms with van der Waals surface area (Å²) >= 11 is 0. The largest absolute Gasteiger partial charge is 0.335 e. The van der Waals surface area contributed by atoms with Crippen molar-refractivity contribution in [3.63, 3.8) is 0 Å². The summed E-state index contributed by atoms with van der Waals surface area (Å²) in [6, 6.07) is 19.7. The lowest BCUT2D eigenvalue weighted by atomic mass is 9.86. The molecule has 5 nitrogen and oxygen atoms in total. The van der Waals surface area contributed by atoms with E-state index in [0.29, 0.717) is 6.42 Å². The van der Waals surface area contributed by atoms with E-state index in [4.69, 9.17) is 0 Å². The molecule has 0 saturated carbocycles. The topological polar surface area (TPSA) is 52.7 Å². The number of hydrogen-bond acceptors (Lipinski definition) is 4. The van der Waals surface area contributed by atoms with Crippen LogP contribution in [0.4, 0.5) is 0 Å². The van der Waals surface area contributed by atoms with Crippen LogP contribution in [-0.2, 0) is 4.79 Å². The third kappa shape index (κ3) is 3.98. The molecular formula is C24H29N3O2. The molecule has 0 radical (unpaired) electrons. The Balaban J connectivity index is 1.30. The van der Waals surface area contributed by atoms with Crippen molar-refractivity contribution in [2.75, 3.05) is 26.7 Å². The summed E-state index contributed by atoms with van der Waals surface area (Å²) < 4.78 is 0. The number of carbonyl (C=O) groups is 2. The van der Waals surface area contributed by atoms with Crippen LogP contribution in [0.2, 0.25) is 0 Å². The Labute approximate surface area is 172 Å². The molecule has 0 unspecified atom stereocenters. The molecule has 0 aliphatic carbocycles. The normalized spacial score (nSPS) is 22.0. The van der Waals surface area contributed by atoms with Crippen LogP contribution < -0.4 is 5.32 Å². The summed E-state index contributed by atoms with van der Waals surface area (Å²) in [7, 11) is 2.06. The van der Waals surface area contributed by atoms with Gasteiger partial charge in [0.05, 0.1) is 0 Å². The quantitative estimate of drug-likeness (QED) is 0.768. The molecule has 2 heterocycles. The van der Waals surface area contributed by atoms with Gasteiger partial charge in [0.15, 0.2) is 5.78 Å². The van der Waals surface area contributed by atoms with Crippen LogP contribution in [0, 0.1) is 0 Å². The molecule has 1 amide bonds. The standard InChI is InChI=1S/C24H29N3O2/c1-26-22(20-11-6-3-7-12-20)25-23(29)24(26)14-17-27(18-15-24)16-8-13-21(28)19-9-4-2-5-10-19/h2-7,9-12,22H,8,13-18H2,1H3,(H,25,29)/t22-/m1/s1. The second kappa shape index (κ2) is 8.47. The average molecular weight is 392 g/mol. The lowest BCUT2D eigenvalue weighted by Crippen LogP contribution is -2.55. The summed E-state index contributed by atoms with van der Waals surface area (Å²) in [6.45, 7) is 2.68. The molecule has 1 atom stereocenters. The van der Waals surface area contributed by atoms with Gasteiger partial charge in [-0.25, -0.2) is 0 Å². The maximum absolute atomic E-state index is 12.9. The highest BCUT2D eigenvalue weighted by atomic mass is 16.2. The minimum atomic E-state index is -0.420. The first-order valence-electron chi connectivity index (χ1n) is 10.5. The van der Waals surface area contributed by atoms with Crippen molar-refractivity contribution in [1.29, 1.82) is 0 Å². The van der Waals surface area contributed by atoms with E-state index in [1.807, 2.05) is 48.5 Å². The summed E-state index contributed by atoms with van der Waals surface area (Å²) in [4.78, 5) is 29.8. The van der Waals surface area contributed by atoms with Crippen molar-refractivity contribution >= 4 is 11.7 Å². The van der Waals surface area contributed by atoms with E-state index >= 15 is 0 Å². The molecule has 2 fully saturated rings. The zero-order chi connectivity index (χ0) is 20.3. The molecule has 5 heteroatoms. The molecular weight excluding hydrogens is 362 g/mol. The second-order valence-corrected chi connectivity index (χ2v) is 8.16. The van der Waals surface area contributed by atoms with Crippen LogP contribution in [0.25, 0.3) is 0 Å². The first-order valence-corrected chi connectivity index (χ1v) is 10.5. The predicted molar refractivity (Wildman–Crippen MR) is 114 cm³/mol. The van der Waals surface area contributed by atoms with Crippen LogP contribution >= 0.6 is 0 Å². The Bertz CT molecular complexity index is 845. The number of amides is 1. The van der Waals surface area contributed by atoms with Crippen LogP contribution in [0.3, 0.4) is 0 Å².